The Bertz CT molecular complexity index is 655. The molecule has 1 aromatic carbocycles. The van der Waals surface area contributed by atoms with Gasteiger partial charge in [0.15, 0.2) is 0 Å². The second-order valence-corrected chi connectivity index (χ2v) is 5.07. The molecule has 100 valence electrons. The molecule has 1 aromatic heterocycles. The van der Waals surface area contributed by atoms with Crippen LogP contribution < -0.4 is 10.3 Å². The van der Waals surface area contributed by atoms with Gasteiger partial charge in [0.1, 0.15) is 11.6 Å². The van der Waals surface area contributed by atoms with Gasteiger partial charge >= 0.3 is 5.56 Å². The molecule has 0 aliphatic heterocycles. The van der Waals surface area contributed by atoms with Gasteiger partial charge in [-0.05, 0) is 48.0 Å². The minimum absolute atomic E-state index is 0.00880. The molecule has 0 N–H and O–H groups in total. The fraction of sp³-hybridized carbons (Fsp3) is 0.231. The molecule has 0 unspecified atom stereocenters. The highest BCUT2D eigenvalue weighted by molar-refractivity contribution is 9.10. The average Bonchev–Trinajstić information content (AvgIpc) is 2.34. The first-order chi connectivity index (χ1) is 8.99. The van der Waals surface area contributed by atoms with E-state index in [1.807, 2.05) is 13.8 Å². The number of hydrogen-bond acceptors (Lipinski definition) is 3. The Balaban J connectivity index is 2.39. The maximum Gasteiger partial charge on any atom is 0.313 e. The Hall–Kier alpha value is -1.69. The molecule has 1 heterocycles. The molecule has 0 atom stereocenters. The lowest BCUT2D eigenvalue weighted by molar-refractivity contribution is 0.433. The van der Waals surface area contributed by atoms with Gasteiger partial charge in [-0.25, -0.2) is 9.37 Å². The summed E-state index contributed by atoms with van der Waals surface area (Å²) in [7, 11) is 0. The third kappa shape index (κ3) is 3.01. The number of nitrogens with zero attached hydrogens (tertiary/aromatic N) is 2. The van der Waals surface area contributed by atoms with Gasteiger partial charge in [0.25, 0.3) is 5.88 Å². The van der Waals surface area contributed by atoms with Gasteiger partial charge in [0.05, 0.1) is 4.47 Å². The Morgan fingerprint density at radius 2 is 2.16 bits per heavy atom. The van der Waals surface area contributed by atoms with Crippen LogP contribution in [-0.4, -0.2) is 9.55 Å². The van der Waals surface area contributed by atoms with E-state index in [9.17, 15) is 9.18 Å². The van der Waals surface area contributed by atoms with E-state index < -0.39 is 0 Å². The van der Waals surface area contributed by atoms with E-state index in [0.717, 1.165) is 0 Å². The zero-order valence-electron chi connectivity index (χ0n) is 10.4. The summed E-state index contributed by atoms with van der Waals surface area (Å²) in [6, 6.07) is 3.96. The first-order valence-electron chi connectivity index (χ1n) is 5.69. The van der Waals surface area contributed by atoms with Gasteiger partial charge in [-0.15, -0.1) is 0 Å². The van der Waals surface area contributed by atoms with Crippen LogP contribution in [0.15, 0.2) is 39.9 Å². The quantitative estimate of drug-likeness (QED) is 0.866. The molecule has 0 saturated carbocycles. The second kappa shape index (κ2) is 5.52. The normalized spacial score (nSPS) is 10.8. The third-order valence-corrected chi connectivity index (χ3v) is 3.11. The number of halogens is 2. The summed E-state index contributed by atoms with van der Waals surface area (Å²) < 4.78 is 20.3. The van der Waals surface area contributed by atoms with E-state index >= 15 is 0 Å². The molecule has 0 saturated heterocycles. The van der Waals surface area contributed by atoms with Crippen LogP contribution in [0.5, 0.6) is 11.6 Å². The lowest BCUT2D eigenvalue weighted by atomic mass is 10.3. The monoisotopic (exact) mass is 326 g/mol. The zero-order valence-corrected chi connectivity index (χ0v) is 12.0. The molecule has 6 heteroatoms. The van der Waals surface area contributed by atoms with Gasteiger partial charge in [-0.1, -0.05) is 0 Å². The molecule has 2 aromatic rings. The van der Waals surface area contributed by atoms with E-state index in [4.69, 9.17) is 4.74 Å². The lowest BCUT2D eigenvalue weighted by Gasteiger charge is -2.11. The van der Waals surface area contributed by atoms with E-state index in [-0.39, 0.29) is 23.3 Å². The topological polar surface area (TPSA) is 44.1 Å². The first-order valence-corrected chi connectivity index (χ1v) is 6.48. The number of ether oxygens (including phenoxy) is 1. The van der Waals surface area contributed by atoms with E-state index in [1.165, 1.54) is 29.0 Å². The van der Waals surface area contributed by atoms with E-state index in [2.05, 4.69) is 20.9 Å². The van der Waals surface area contributed by atoms with Crippen molar-refractivity contribution in [3.63, 3.8) is 0 Å². The first kappa shape index (κ1) is 13.7. The van der Waals surface area contributed by atoms with Crippen LogP contribution in [-0.2, 0) is 0 Å². The Morgan fingerprint density at radius 1 is 1.42 bits per heavy atom. The molecule has 0 radical (unpaired) electrons. The van der Waals surface area contributed by atoms with Crippen molar-refractivity contribution in [1.29, 1.82) is 0 Å². The highest BCUT2D eigenvalue weighted by atomic mass is 79.9. The van der Waals surface area contributed by atoms with Crippen molar-refractivity contribution >= 4 is 15.9 Å². The second-order valence-electron chi connectivity index (χ2n) is 4.22. The van der Waals surface area contributed by atoms with Crippen LogP contribution in [0.1, 0.15) is 19.9 Å². The molecule has 19 heavy (non-hydrogen) atoms. The highest BCUT2D eigenvalue weighted by Crippen LogP contribution is 2.28. The summed E-state index contributed by atoms with van der Waals surface area (Å²) in [5.74, 6) is -0.0872. The Labute approximate surface area is 118 Å². The molecule has 0 spiro atoms. The van der Waals surface area contributed by atoms with Crippen molar-refractivity contribution in [3.05, 3.63) is 51.2 Å². The van der Waals surface area contributed by atoms with Crippen LogP contribution in [0.2, 0.25) is 0 Å². The predicted octanol–water partition coefficient (Wildman–Crippen LogP) is 3.52. The minimum atomic E-state index is -0.389. The van der Waals surface area contributed by atoms with Gasteiger partial charge in [0, 0.05) is 18.4 Å². The molecule has 0 fully saturated rings. The minimum Gasteiger partial charge on any atom is -0.433 e. The van der Waals surface area contributed by atoms with Crippen molar-refractivity contribution in [2.45, 2.75) is 19.9 Å². The maximum absolute atomic E-state index is 13.0. The molecule has 0 aliphatic carbocycles. The van der Waals surface area contributed by atoms with Crippen molar-refractivity contribution in [3.8, 4) is 11.6 Å². The summed E-state index contributed by atoms with van der Waals surface area (Å²) in [6.07, 6.45) is 3.09. The van der Waals surface area contributed by atoms with Crippen LogP contribution >= 0.6 is 15.9 Å². The van der Waals surface area contributed by atoms with Gasteiger partial charge in [0.2, 0.25) is 0 Å². The fourth-order valence-electron chi connectivity index (χ4n) is 1.54. The lowest BCUT2D eigenvalue weighted by Crippen LogP contribution is -2.23. The number of aromatic nitrogens is 2. The average molecular weight is 327 g/mol. The summed E-state index contributed by atoms with van der Waals surface area (Å²) in [6.45, 7) is 3.78. The summed E-state index contributed by atoms with van der Waals surface area (Å²) in [5, 5.41) is 0. The Kier molecular flexibility index (Phi) is 3.99. The fourth-order valence-corrected chi connectivity index (χ4v) is 1.98. The molecular weight excluding hydrogens is 315 g/mol. The van der Waals surface area contributed by atoms with Crippen molar-refractivity contribution in [1.82, 2.24) is 9.55 Å². The van der Waals surface area contributed by atoms with Crippen molar-refractivity contribution < 1.29 is 9.13 Å². The zero-order chi connectivity index (χ0) is 14.0. The molecule has 2 rings (SSSR count). The molecule has 0 aliphatic rings. The standard InChI is InChI=1S/C13H12BrFN2O2/c1-8(2)17-6-5-16-12(13(17)18)19-11-4-3-9(15)7-10(11)14/h3-8H,1-2H3. The number of benzene rings is 1. The molecule has 4 nitrogen and oxygen atoms in total. The SMILES string of the molecule is CC(C)n1ccnc(Oc2ccc(F)cc2Br)c1=O. The smallest absolute Gasteiger partial charge is 0.313 e. The predicted molar refractivity (Wildman–Crippen MR) is 73.1 cm³/mol. The summed E-state index contributed by atoms with van der Waals surface area (Å²) >= 11 is 3.17. The molecule has 0 bridgehead atoms. The summed E-state index contributed by atoms with van der Waals surface area (Å²) in [4.78, 5) is 16.0. The third-order valence-electron chi connectivity index (χ3n) is 2.49. The van der Waals surface area contributed by atoms with Crippen LogP contribution in [0.4, 0.5) is 4.39 Å². The van der Waals surface area contributed by atoms with Crippen molar-refractivity contribution in [2.75, 3.05) is 0 Å². The number of rotatable bonds is 3. The molecule has 0 amide bonds. The molecular formula is C13H12BrFN2O2. The van der Waals surface area contributed by atoms with Crippen LogP contribution in [0, 0.1) is 5.82 Å². The van der Waals surface area contributed by atoms with Gasteiger partial charge in [-0.3, -0.25) is 4.79 Å². The van der Waals surface area contributed by atoms with Crippen LogP contribution in [0.25, 0.3) is 0 Å². The highest BCUT2D eigenvalue weighted by Gasteiger charge is 2.11. The van der Waals surface area contributed by atoms with Gasteiger partial charge < -0.3 is 9.30 Å². The van der Waals surface area contributed by atoms with Crippen molar-refractivity contribution in [2.24, 2.45) is 0 Å². The van der Waals surface area contributed by atoms with E-state index in [1.54, 1.807) is 6.20 Å². The van der Waals surface area contributed by atoms with Crippen LogP contribution in [0.3, 0.4) is 0 Å². The van der Waals surface area contributed by atoms with Gasteiger partial charge in [-0.2, -0.15) is 0 Å². The largest absolute Gasteiger partial charge is 0.433 e. The Morgan fingerprint density at radius 3 is 2.79 bits per heavy atom. The van der Waals surface area contributed by atoms with E-state index in [0.29, 0.717) is 10.2 Å². The maximum atomic E-state index is 13.0. The number of hydrogen-bond donors (Lipinski definition) is 0. The summed E-state index contributed by atoms with van der Waals surface area (Å²) in [5.41, 5.74) is -0.325.